The predicted octanol–water partition coefficient (Wildman–Crippen LogP) is 3.98. The topological polar surface area (TPSA) is 64.6 Å². The maximum Gasteiger partial charge on any atom is 0.409 e. The fourth-order valence-corrected chi connectivity index (χ4v) is 3.15. The van der Waals surface area contributed by atoms with Crippen LogP contribution in [0.5, 0.6) is 5.75 Å². The molecule has 0 spiro atoms. The van der Waals surface area contributed by atoms with Gasteiger partial charge in [-0.05, 0) is 39.8 Å². The maximum atomic E-state index is 12.1. The summed E-state index contributed by atoms with van der Waals surface area (Å²) in [6.07, 6.45) is 0. The molecule has 1 aromatic carbocycles. The molecule has 1 N–H and O–H groups in total. The fourth-order valence-electron chi connectivity index (χ4n) is 1.36. The van der Waals surface area contributed by atoms with Crippen LogP contribution in [0.3, 0.4) is 0 Å². The summed E-state index contributed by atoms with van der Waals surface area (Å²) in [5.74, 6) is 0.0757. The number of carbonyl (C=O) groups is 1. The van der Waals surface area contributed by atoms with Crippen LogP contribution in [0.2, 0.25) is 0 Å². The van der Waals surface area contributed by atoms with Crippen molar-refractivity contribution >= 4 is 24.1 Å². The number of rotatable bonds is 6. The van der Waals surface area contributed by atoms with Crippen LogP contribution in [0.25, 0.3) is 0 Å². The minimum atomic E-state index is -3.54. The second kappa shape index (κ2) is 7.30. The highest BCUT2D eigenvalue weighted by Crippen LogP contribution is 2.48. The molecule has 0 saturated heterocycles. The molecule has 0 bridgehead atoms. The van der Waals surface area contributed by atoms with Crippen LogP contribution in [-0.4, -0.2) is 18.6 Å². The number of carbonyl (C=O) groups excluding carboxylic acids is 1. The minimum absolute atomic E-state index is 0.0605. The third-order valence-corrected chi connectivity index (χ3v) is 4.11. The largest absolute Gasteiger partial charge is 0.464 e. The van der Waals surface area contributed by atoms with Crippen molar-refractivity contribution in [1.29, 1.82) is 0 Å². The zero-order valence-corrected chi connectivity index (χ0v) is 14.3. The van der Waals surface area contributed by atoms with Gasteiger partial charge in [0.2, 0.25) is 0 Å². The summed E-state index contributed by atoms with van der Waals surface area (Å²) in [6, 6.07) is 8.22. The van der Waals surface area contributed by atoms with Gasteiger partial charge in [-0.3, -0.25) is 4.79 Å². The summed E-state index contributed by atoms with van der Waals surface area (Å²) < 4.78 is 22.5. The Labute approximate surface area is 130 Å². The van der Waals surface area contributed by atoms with E-state index in [0.717, 1.165) is 0 Å². The van der Waals surface area contributed by atoms with Crippen molar-refractivity contribution in [3.63, 3.8) is 0 Å². The van der Waals surface area contributed by atoms with Crippen molar-refractivity contribution in [3.05, 3.63) is 30.3 Å². The van der Waals surface area contributed by atoms with Crippen LogP contribution in [0.15, 0.2) is 30.3 Å². The van der Waals surface area contributed by atoms with Crippen LogP contribution < -0.4 is 9.61 Å². The molecule has 21 heavy (non-hydrogen) atoms. The number of nitrogens with one attached hydrogen (secondary N) is 1. The van der Waals surface area contributed by atoms with Gasteiger partial charge in [0.05, 0.1) is 5.41 Å². The molecular weight excluding hydrogens is 313 g/mol. The van der Waals surface area contributed by atoms with E-state index < -0.39 is 18.3 Å². The Kier molecular flexibility index (Phi) is 6.26. The average Bonchev–Trinajstić information content (AvgIpc) is 2.34. The van der Waals surface area contributed by atoms with Gasteiger partial charge in [0, 0.05) is 17.3 Å². The van der Waals surface area contributed by atoms with E-state index in [1.165, 1.54) is 0 Å². The lowest BCUT2D eigenvalue weighted by Crippen LogP contribution is -2.32. The number of benzene rings is 1. The van der Waals surface area contributed by atoms with Crippen molar-refractivity contribution in [2.24, 2.45) is 5.41 Å². The minimum Gasteiger partial charge on any atom is -0.464 e. The number of hydrogen-bond donors (Lipinski definition) is 1. The second-order valence-corrected chi connectivity index (χ2v) is 8.50. The second-order valence-electron chi connectivity index (χ2n) is 5.76. The van der Waals surface area contributed by atoms with E-state index in [-0.39, 0.29) is 12.6 Å². The number of ether oxygens (including phenoxy) is 1. The average molecular weight is 334 g/mol. The predicted molar refractivity (Wildman–Crippen MR) is 83.5 cm³/mol. The van der Waals surface area contributed by atoms with Crippen molar-refractivity contribution in [2.75, 3.05) is 6.61 Å². The van der Waals surface area contributed by atoms with Gasteiger partial charge in [-0.25, -0.2) is 9.65 Å². The monoisotopic (exact) mass is 333 g/mol. The maximum absolute atomic E-state index is 12.1. The SMILES string of the molecule is C[C@@H](COC(=O)C(C)(C)C)NP(=O)(Cl)Oc1ccccc1. The number of hydrogen-bond acceptors (Lipinski definition) is 4. The Hall–Kier alpha value is -1.03. The zero-order valence-electron chi connectivity index (χ0n) is 12.6. The molecule has 0 fully saturated rings. The summed E-state index contributed by atoms with van der Waals surface area (Å²) >= 11 is 5.85. The molecule has 0 radical (unpaired) electrons. The van der Waals surface area contributed by atoms with E-state index in [1.807, 2.05) is 6.07 Å². The van der Waals surface area contributed by atoms with Gasteiger partial charge in [0.25, 0.3) is 0 Å². The molecule has 7 heteroatoms. The van der Waals surface area contributed by atoms with Crippen LogP contribution in [0.4, 0.5) is 0 Å². The first kappa shape index (κ1) is 18.0. The summed E-state index contributed by atoms with van der Waals surface area (Å²) in [5.41, 5.74) is -0.578. The van der Waals surface area contributed by atoms with Gasteiger partial charge in [-0.2, -0.15) is 0 Å². The molecule has 118 valence electrons. The van der Waals surface area contributed by atoms with Gasteiger partial charge < -0.3 is 9.26 Å². The van der Waals surface area contributed by atoms with E-state index >= 15 is 0 Å². The molecule has 0 amide bonds. The molecule has 0 aliphatic rings. The van der Waals surface area contributed by atoms with E-state index in [0.29, 0.717) is 5.75 Å². The molecule has 1 unspecified atom stereocenters. The van der Waals surface area contributed by atoms with Crippen molar-refractivity contribution < 1.29 is 18.6 Å². The van der Waals surface area contributed by atoms with Gasteiger partial charge in [-0.15, -0.1) is 0 Å². The van der Waals surface area contributed by atoms with Crippen molar-refractivity contribution in [2.45, 2.75) is 33.7 Å². The third-order valence-electron chi connectivity index (χ3n) is 2.42. The van der Waals surface area contributed by atoms with Crippen LogP contribution in [0, 0.1) is 5.41 Å². The summed E-state index contributed by atoms with van der Waals surface area (Å²) in [6.45, 7) is 3.51. The van der Waals surface area contributed by atoms with Gasteiger partial charge in [0.1, 0.15) is 12.4 Å². The Morgan fingerprint density at radius 2 is 1.90 bits per heavy atom. The molecular formula is C14H21ClNO4P. The first-order valence-corrected chi connectivity index (χ1v) is 9.12. The summed E-state index contributed by atoms with van der Waals surface area (Å²) in [4.78, 5) is 11.6. The molecule has 2 atom stereocenters. The highest BCUT2D eigenvalue weighted by molar-refractivity contribution is 7.84. The van der Waals surface area contributed by atoms with Gasteiger partial charge >= 0.3 is 12.8 Å². The first-order chi connectivity index (χ1) is 9.60. The van der Waals surface area contributed by atoms with E-state index in [4.69, 9.17) is 20.5 Å². The molecule has 1 aromatic rings. The van der Waals surface area contributed by atoms with Gasteiger partial charge in [0.15, 0.2) is 0 Å². The van der Waals surface area contributed by atoms with E-state index in [2.05, 4.69) is 5.09 Å². The van der Waals surface area contributed by atoms with Crippen LogP contribution in [-0.2, 0) is 14.1 Å². The Balaban J connectivity index is 2.48. The molecule has 0 aliphatic heterocycles. The Morgan fingerprint density at radius 3 is 2.43 bits per heavy atom. The summed E-state index contributed by atoms with van der Waals surface area (Å²) in [5, 5.41) is 2.63. The van der Waals surface area contributed by atoms with Crippen LogP contribution >= 0.6 is 18.1 Å². The number of esters is 1. The quantitative estimate of drug-likeness (QED) is 0.630. The normalized spacial score (nSPS) is 15.9. The standard InChI is InChI=1S/C14H21ClNO4P/c1-11(10-19-13(17)14(2,3)4)16-21(15,18)20-12-8-6-5-7-9-12/h5-9,11H,10H2,1-4H3,(H,16,18)/t11-,21?/m0/s1. The molecule has 0 aromatic heterocycles. The lowest BCUT2D eigenvalue weighted by molar-refractivity contribution is -0.153. The zero-order chi connectivity index (χ0) is 16.1. The number of para-hydroxylation sites is 1. The van der Waals surface area contributed by atoms with Crippen molar-refractivity contribution in [1.82, 2.24) is 5.09 Å². The molecule has 0 saturated carbocycles. The third kappa shape index (κ3) is 6.98. The summed E-state index contributed by atoms with van der Waals surface area (Å²) in [7, 11) is 0. The van der Waals surface area contributed by atoms with E-state index in [1.54, 1.807) is 52.0 Å². The highest BCUT2D eigenvalue weighted by Gasteiger charge is 2.27. The first-order valence-electron chi connectivity index (χ1n) is 6.59. The molecule has 0 heterocycles. The smallest absolute Gasteiger partial charge is 0.409 e. The molecule has 1 rings (SSSR count). The van der Waals surface area contributed by atoms with Crippen LogP contribution in [0.1, 0.15) is 27.7 Å². The number of halogens is 1. The lowest BCUT2D eigenvalue weighted by atomic mass is 9.97. The Morgan fingerprint density at radius 1 is 1.33 bits per heavy atom. The van der Waals surface area contributed by atoms with Gasteiger partial charge in [-0.1, -0.05) is 18.2 Å². The van der Waals surface area contributed by atoms with Crippen molar-refractivity contribution in [3.8, 4) is 5.75 Å². The highest BCUT2D eigenvalue weighted by atomic mass is 35.7. The van der Waals surface area contributed by atoms with E-state index in [9.17, 15) is 9.36 Å². The molecule has 0 aliphatic carbocycles. The molecule has 5 nitrogen and oxygen atoms in total. The fraction of sp³-hybridized carbons (Fsp3) is 0.500. The Bertz CT molecular complexity index is 515. The lowest BCUT2D eigenvalue weighted by Gasteiger charge is -2.21.